The Bertz CT molecular complexity index is 1180. The molecular weight excluding hydrogens is 476 g/mol. The number of nitrogens with one attached hydrogen (secondary N) is 1. The van der Waals surface area contributed by atoms with Crippen molar-refractivity contribution in [2.45, 2.75) is 5.92 Å². The predicted octanol–water partition coefficient (Wildman–Crippen LogP) is 3.50. The summed E-state index contributed by atoms with van der Waals surface area (Å²) in [5, 5.41) is 12.2. The number of urea groups is 1. The molecule has 3 aromatic rings. The molecule has 0 heterocycles. The summed E-state index contributed by atoms with van der Waals surface area (Å²) in [6.07, 6.45) is 0. The number of nitrogens with two attached hydrogens (primary N) is 3. The highest BCUT2D eigenvalue weighted by Crippen LogP contribution is 2.37. The van der Waals surface area contributed by atoms with Crippen LogP contribution in [0.25, 0.3) is 22.3 Å². The molecule has 9 heteroatoms. The highest BCUT2D eigenvalue weighted by atomic mass is 79.9. The summed E-state index contributed by atoms with van der Waals surface area (Å²) in [6.45, 7) is -0.221. The van der Waals surface area contributed by atoms with Crippen LogP contribution in [-0.4, -0.2) is 29.6 Å². The molecule has 3 aromatic carbocycles. The number of aliphatic carboxylic acids is 1. The lowest BCUT2D eigenvalue weighted by molar-refractivity contribution is -0.138. The smallest absolute Gasteiger partial charge is 0.316 e. The second-order valence-electron chi connectivity index (χ2n) is 7.05. The Morgan fingerprint density at radius 3 is 2.00 bits per heavy atom. The summed E-state index contributed by atoms with van der Waals surface area (Å²) >= 11 is 3.39. The lowest BCUT2D eigenvalue weighted by Gasteiger charge is -2.21. The van der Waals surface area contributed by atoms with Gasteiger partial charge in [-0.2, -0.15) is 0 Å². The zero-order chi connectivity index (χ0) is 23.4. The molecule has 3 rings (SSSR count). The van der Waals surface area contributed by atoms with E-state index >= 15 is 0 Å². The summed E-state index contributed by atoms with van der Waals surface area (Å²) in [5.41, 5.74) is 20.0. The third kappa shape index (κ3) is 4.96. The third-order valence-corrected chi connectivity index (χ3v) is 5.50. The van der Waals surface area contributed by atoms with Crippen molar-refractivity contribution in [1.82, 2.24) is 0 Å². The molecule has 1 unspecified atom stereocenters. The van der Waals surface area contributed by atoms with Crippen LogP contribution >= 0.6 is 15.9 Å². The molecule has 0 fully saturated rings. The molecule has 0 bridgehead atoms. The van der Waals surface area contributed by atoms with E-state index in [-0.39, 0.29) is 17.7 Å². The van der Waals surface area contributed by atoms with Gasteiger partial charge in [-0.3, -0.25) is 9.59 Å². The molecule has 0 saturated heterocycles. The van der Waals surface area contributed by atoms with Gasteiger partial charge in [0.1, 0.15) is 0 Å². The van der Waals surface area contributed by atoms with Crippen molar-refractivity contribution in [3.8, 4) is 22.3 Å². The van der Waals surface area contributed by atoms with E-state index in [0.29, 0.717) is 22.4 Å². The first-order valence-corrected chi connectivity index (χ1v) is 10.3. The zero-order valence-corrected chi connectivity index (χ0v) is 18.4. The molecule has 0 aliphatic rings. The summed E-state index contributed by atoms with van der Waals surface area (Å²) in [5.74, 6) is -3.07. The Morgan fingerprint density at radius 1 is 0.906 bits per heavy atom. The maximum absolute atomic E-state index is 12.4. The molecule has 0 radical (unpaired) electrons. The SMILES string of the molecule is NCC(C(=O)O)c1c(C(N)=O)cc(-c2ccc(Br)cc2)cc1-c1ccc(NC(N)=O)cc1. The van der Waals surface area contributed by atoms with Crippen LogP contribution in [0.4, 0.5) is 10.5 Å². The molecular formula is C23H21BrN4O4. The van der Waals surface area contributed by atoms with E-state index in [2.05, 4.69) is 21.2 Å². The summed E-state index contributed by atoms with van der Waals surface area (Å²) < 4.78 is 0.889. The van der Waals surface area contributed by atoms with Crippen molar-refractivity contribution in [2.24, 2.45) is 17.2 Å². The Hall–Kier alpha value is -3.69. The van der Waals surface area contributed by atoms with Crippen molar-refractivity contribution in [3.05, 3.63) is 76.3 Å². The number of carboxylic acids is 1. The van der Waals surface area contributed by atoms with E-state index < -0.39 is 23.8 Å². The van der Waals surface area contributed by atoms with Gasteiger partial charge in [-0.25, -0.2) is 4.79 Å². The lowest BCUT2D eigenvalue weighted by Crippen LogP contribution is -2.26. The fourth-order valence-corrected chi connectivity index (χ4v) is 3.76. The maximum Gasteiger partial charge on any atom is 0.316 e. The van der Waals surface area contributed by atoms with Gasteiger partial charge < -0.3 is 27.6 Å². The van der Waals surface area contributed by atoms with Crippen LogP contribution in [0, 0.1) is 0 Å². The Morgan fingerprint density at radius 2 is 1.50 bits per heavy atom. The molecule has 32 heavy (non-hydrogen) atoms. The lowest BCUT2D eigenvalue weighted by atomic mass is 9.83. The van der Waals surface area contributed by atoms with Crippen molar-refractivity contribution in [2.75, 3.05) is 11.9 Å². The predicted molar refractivity (Wildman–Crippen MR) is 126 cm³/mol. The van der Waals surface area contributed by atoms with Gasteiger partial charge in [0.25, 0.3) is 0 Å². The molecule has 0 aliphatic heterocycles. The topological polar surface area (TPSA) is 162 Å². The quantitative estimate of drug-likeness (QED) is 0.337. The maximum atomic E-state index is 12.4. The van der Waals surface area contributed by atoms with Gasteiger partial charge in [0.15, 0.2) is 0 Å². The number of hydrogen-bond acceptors (Lipinski definition) is 4. The zero-order valence-electron chi connectivity index (χ0n) is 16.8. The Kier molecular flexibility index (Phi) is 6.92. The third-order valence-electron chi connectivity index (χ3n) is 4.97. The molecule has 8 N–H and O–H groups in total. The Labute approximate surface area is 192 Å². The summed E-state index contributed by atoms with van der Waals surface area (Å²) in [7, 11) is 0. The molecule has 0 saturated carbocycles. The second kappa shape index (κ2) is 9.63. The molecule has 1 atom stereocenters. The minimum absolute atomic E-state index is 0.0811. The summed E-state index contributed by atoms with van der Waals surface area (Å²) in [6, 6.07) is 16.7. The number of benzene rings is 3. The van der Waals surface area contributed by atoms with Crippen LogP contribution < -0.4 is 22.5 Å². The largest absolute Gasteiger partial charge is 0.481 e. The van der Waals surface area contributed by atoms with Gasteiger partial charge in [-0.05, 0) is 64.2 Å². The van der Waals surface area contributed by atoms with Gasteiger partial charge >= 0.3 is 12.0 Å². The Balaban J connectivity index is 2.29. The van der Waals surface area contributed by atoms with Crippen LogP contribution in [0.1, 0.15) is 21.8 Å². The van der Waals surface area contributed by atoms with Crippen LogP contribution in [-0.2, 0) is 4.79 Å². The van der Waals surface area contributed by atoms with Crippen molar-refractivity contribution in [1.29, 1.82) is 0 Å². The number of hydrogen-bond donors (Lipinski definition) is 5. The minimum atomic E-state index is -1.17. The highest BCUT2D eigenvalue weighted by molar-refractivity contribution is 9.10. The van der Waals surface area contributed by atoms with Crippen LogP contribution in [0.3, 0.4) is 0 Å². The molecule has 0 spiro atoms. The van der Waals surface area contributed by atoms with E-state index in [1.54, 1.807) is 36.4 Å². The van der Waals surface area contributed by atoms with E-state index in [0.717, 1.165) is 10.0 Å². The van der Waals surface area contributed by atoms with Crippen molar-refractivity contribution < 1.29 is 19.5 Å². The average Bonchev–Trinajstić information content (AvgIpc) is 2.74. The molecule has 164 valence electrons. The molecule has 0 aliphatic carbocycles. The standard InChI is InChI=1S/C23H21BrN4O4/c24-15-5-1-12(2-6-15)14-9-17(13-3-7-16(8-4-13)28-23(27)32)20(18(10-14)21(26)29)19(11-25)22(30)31/h1-10,19H,11,25H2,(H2,26,29)(H,30,31)(H3,27,28,32). The van der Waals surface area contributed by atoms with Crippen LogP contribution in [0.5, 0.6) is 0 Å². The second-order valence-corrected chi connectivity index (χ2v) is 7.96. The first kappa shape index (κ1) is 23.0. The fourth-order valence-electron chi connectivity index (χ4n) is 3.50. The number of carbonyl (C=O) groups excluding carboxylic acids is 2. The van der Waals surface area contributed by atoms with Crippen LogP contribution in [0.2, 0.25) is 0 Å². The van der Waals surface area contributed by atoms with Gasteiger partial charge in [0.2, 0.25) is 5.91 Å². The number of anilines is 1. The number of halogens is 1. The van der Waals surface area contributed by atoms with E-state index in [1.807, 2.05) is 24.3 Å². The average molecular weight is 497 g/mol. The number of rotatable bonds is 7. The fraction of sp³-hybridized carbons (Fsp3) is 0.0870. The number of amides is 3. The van der Waals surface area contributed by atoms with Crippen molar-refractivity contribution >= 4 is 39.5 Å². The molecule has 0 aromatic heterocycles. The molecule has 3 amide bonds. The van der Waals surface area contributed by atoms with Crippen molar-refractivity contribution in [3.63, 3.8) is 0 Å². The monoisotopic (exact) mass is 496 g/mol. The number of primary amides is 2. The van der Waals surface area contributed by atoms with Gasteiger partial charge in [-0.1, -0.05) is 40.2 Å². The van der Waals surface area contributed by atoms with E-state index in [4.69, 9.17) is 17.2 Å². The van der Waals surface area contributed by atoms with Gasteiger partial charge in [0.05, 0.1) is 5.92 Å². The van der Waals surface area contributed by atoms with Gasteiger partial charge in [0, 0.05) is 22.3 Å². The number of carbonyl (C=O) groups is 3. The van der Waals surface area contributed by atoms with E-state index in [9.17, 15) is 19.5 Å². The first-order chi connectivity index (χ1) is 15.2. The highest BCUT2D eigenvalue weighted by Gasteiger charge is 2.28. The first-order valence-electron chi connectivity index (χ1n) is 9.54. The normalized spacial score (nSPS) is 11.6. The molecule has 8 nitrogen and oxygen atoms in total. The van der Waals surface area contributed by atoms with E-state index in [1.165, 1.54) is 0 Å². The van der Waals surface area contributed by atoms with Gasteiger partial charge in [-0.15, -0.1) is 0 Å². The minimum Gasteiger partial charge on any atom is -0.481 e. The number of carboxylic acid groups (broad SMARTS) is 1. The van der Waals surface area contributed by atoms with Crippen LogP contribution in [0.15, 0.2) is 65.1 Å². The summed E-state index contributed by atoms with van der Waals surface area (Å²) in [4.78, 5) is 35.4.